The highest BCUT2D eigenvalue weighted by molar-refractivity contribution is 5.67. The van der Waals surface area contributed by atoms with Crippen LogP contribution in [0.5, 0.6) is 11.5 Å². The van der Waals surface area contributed by atoms with Crippen molar-refractivity contribution in [2.75, 3.05) is 0 Å². The number of aryl methyl sites for hydroxylation is 2. The third-order valence-corrected chi connectivity index (χ3v) is 3.47. The summed E-state index contributed by atoms with van der Waals surface area (Å²) in [7, 11) is 0. The highest BCUT2D eigenvalue weighted by Gasteiger charge is 2.12. The van der Waals surface area contributed by atoms with Crippen LogP contribution in [-0.2, 0) is 12.8 Å². The van der Waals surface area contributed by atoms with Gasteiger partial charge in [0.15, 0.2) is 0 Å². The summed E-state index contributed by atoms with van der Waals surface area (Å²) in [6.45, 7) is 0. The molecule has 0 saturated carbocycles. The van der Waals surface area contributed by atoms with Crippen LogP contribution in [0.2, 0.25) is 0 Å². The van der Waals surface area contributed by atoms with Crippen molar-refractivity contribution < 1.29 is 14.3 Å². The molecule has 0 radical (unpaired) electrons. The first-order valence-corrected chi connectivity index (χ1v) is 6.88. The van der Waals surface area contributed by atoms with Crippen LogP contribution >= 0.6 is 0 Å². The monoisotopic (exact) mass is 268 g/mol. The molecule has 1 aliphatic rings. The lowest BCUT2D eigenvalue weighted by molar-refractivity contribution is 0.152. The van der Waals surface area contributed by atoms with Crippen LogP contribution in [-0.4, -0.2) is 6.16 Å². The molecule has 0 bridgehead atoms. The summed E-state index contributed by atoms with van der Waals surface area (Å²) in [6.07, 6.45) is 3.91. The van der Waals surface area contributed by atoms with Gasteiger partial charge in [-0.15, -0.1) is 0 Å². The van der Waals surface area contributed by atoms with Crippen LogP contribution in [0.25, 0.3) is 0 Å². The first-order chi connectivity index (χ1) is 9.81. The topological polar surface area (TPSA) is 35.5 Å². The van der Waals surface area contributed by atoms with Crippen LogP contribution in [0.1, 0.15) is 24.0 Å². The maximum absolute atomic E-state index is 11.7. The van der Waals surface area contributed by atoms with Gasteiger partial charge in [-0.1, -0.05) is 24.3 Å². The zero-order chi connectivity index (χ0) is 13.8. The standard InChI is InChI=1S/C17H16O3/c18-17(19-15-8-2-1-3-9-15)20-16-11-10-13-6-4-5-7-14(13)12-16/h1-3,8-12H,4-7H2. The van der Waals surface area contributed by atoms with Crippen molar-refractivity contribution in [2.24, 2.45) is 0 Å². The molecular formula is C17H16O3. The quantitative estimate of drug-likeness (QED) is 0.606. The molecule has 0 atom stereocenters. The van der Waals surface area contributed by atoms with Crippen LogP contribution in [0.3, 0.4) is 0 Å². The number of carbonyl (C=O) groups excluding carboxylic acids is 1. The number of benzene rings is 2. The molecule has 0 amide bonds. The Bertz CT molecular complexity index is 605. The molecule has 0 saturated heterocycles. The molecule has 0 heterocycles. The molecule has 3 nitrogen and oxygen atoms in total. The zero-order valence-corrected chi connectivity index (χ0v) is 11.2. The van der Waals surface area contributed by atoms with Crippen LogP contribution in [0.15, 0.2) is 48.5 Å². The fourth-order valence-electron chi connectivity index (χ4n) is 2.48. The maximum Gasteiger partial charge on any atom is 0.519 e. The number of para-hydroxylation sites is 1. The summed E-state index contributed by atoms with van der Waals surface area (Å²) in [5.74, 6) is 1.03. The van der Waals surface area contributed by atoms with Gasteiger partial charge < -0.3 is 9.47 Å². The predicted octanol–water partition coefficient (Wildman–Crippen LogP) is 4.14. The van der Waals surface area contributed by atoms with E-state index in [1.807, 2.05) is 36.4 Å². The van der Waals surface area contributed by atoms with Crippen LogP contribution < -0.4 is 9.47 Å². The lowest BCUT2D eigenvalue weighted by Gasteiger charge is -2.16. The third kappa shape index (κ3) is 2.99. The second kappa shape index (κ2) is 5.78. The van der Waals surface area contributed by atoms with Crippen molar-refractivity contribution in [1.29, 1.82) is 0 Å². The highest BCUT2D eigenvalue weighted by Crippen LogP contribution is 2.25. The Hall–Kier alpha value is -2.29. The van der Waals surface area contributed by atoms with Crippen molar-refractivity contribution in [3.05, 3.63) is 59.7 Å². The van der Waals surface area contributed by atoms with Gasteiger partial charge in [0.25, 0.3) is 0 Å². The Labute approximate surface area is 118 Å². The Morgan fingerprint density at radius 1 is 0.800 bits per heavy atom. The number of hydrogen-bond acceptors (Lipinski definition) is 3. The number of hydrogen-bond donors (Lipinski definition) is 0. The lowest BCUT2D eigenvalue weighted by atomic mass is 9.92. The Morgan fingerprint density at radius 3 is 2.30 bits per heavy atom. The van der Waals surface area contributed by atoms with E-state index >= 15 is 0 Å². The molecule has 0 aliphatic heterocycles. The van der Waals surface area contributed by atoms with Gasteiger partial charge in [0.1, 0.15) is 11.5 Å². The minimum absolute atomic E-state index is 0.482. The van der Waals surface area contributed by atoms with E-state index in [-0.39, 0.29) is 0 Å². The SMILES string of the molecule is O=C(Oc1ccccc1)Oc1ccc2c(c1)CCCC2. The third-order valence-electron chi connectivity index (χ3n) is 3.47. The van der Waals surface area contributed by atoms with E-state index in [1.165, 1.54) is 24.0 Å². The van der Waals surface area contributed by atoms with Gasteiger partial charge >= 0.3 is 6.16 Å². The Balaban J connectivity index is 1.67. The molecule has 3 rings (SSSR count). The zero-order valence-electron chi connectivity index (χ0n) is 11.2. The molecule has 2 aromatic rings. The number of ether oxygens (including phenoxy) is 2. The summed E-state index contributed by atoms with van der Waals surface area (Å²) in [5.41, 5.74) is 2.64. The van der Waals surface area contributed by atoms with Gasteiger partial charge in [0.2, 0.25) is 0 Å². The van der Waals surface area contributed by atoms with E-state index in [2.05, 4.69) is 0 Å². The average Bonchev–Trinajstić information content (AvgIpc) is 2.48. The Kier molecular flexibility index (Phi) is 3.68. The summed E-state index contributed by atoms with van der Waals surface area (Å²) >= 11 is 0. The summed E-state index contributed by atoms with van der Waals surface area (Å²) in [6, 6.07) is 14.7. The van der Waals surface area contributed by atoms with E-state index in [0.717, 1.165) is 12.8 Å². The summed E-state index contributed by atoms with van der Waals surface area (Å²) in [4.78, 5) is 11.7. The fraction of sp³-hybridized carbons (Fsp3) is 0.235. The largest absolute Gasteiger partial charge is 0.519 e. The van der Waals surface area contributed by atoms with Gasteiger partial charge in [-0.2, -0.15) is 0 Å². The van der Waals surface area contributed by atoms with Crippen molar-refractivity contribution in [3.63, 3.8) is 0 Å². The van der Waals surface area contributed by atoms with E-state index in [9.17, 15) is 4.79 Å². The number of carbonyl (C=O) groups is 1. The van der Waals surface area contributed by atoms with Gasteiger partial charge in [-0.05, 0) is 61.1 Å². The maximum atomic E-state index is 11.7. The molecule has 3 heteroatoms. The van der Waals surface area contributed by atoms with Crippen molar-refractivity contribution in [3.8, 4) is 11.5 Å². The summed E-state index contributed by atoms with van der Waals surface area (Å²) in [5, 5.41) is 0. The molecule has 0 unspecified atom stereocenters. The van der Waals surface area contributed by atoms with Crippen LogP contribution in [0.4, 0.5) is 4.79 Å². The first kappa shape index (κ1) is 12.7. The molecule has 20 heavy (non-hydrogen) atoms. The second-order valence-corrected chi connectivity index (χ2v) is 4.90. The van der Waals surface area contributed by atoms with E-state index in [4.69, 9.17) is 9.47 Å². The Morgan fingerprint density at radius 2 is 1.50 bits per heavy atom. The molecular weight excluding hydrogens is 252 g/mol. The van der Waals surface area contributed by atoms with E-state index in [0.29, 0.717) is 11.5 Å². The smallest absolute Gasteiger partial charge is 0.395 e. The number of fused-ring (bicyclic) bond motifs is 1. The molecule has 2 aromatic carbocycles. The molecule has 0 spiro atoms. The first-order valence-electron chi connectivity index (χ1n) is 6.88. The highest BCUT2D eigenvalue weighted by atomic mass is 16.7. The van der Waals surface area contributed by atoms with E-state index < -0.39 is 6.16 Å². The molecule has 0 fully saturated rings. The predicted molar refractivity (Wildman–Crippen MR) is 76.2 cm³/mol. The van der Waals surface area contributed by atoms with Gasteiger partial charge in [-0.25, -0.2) is 4.79 Å². The second-order valence-electron chi connectivity index (χ2n) is 4.90. The number of rotatable bonds is 2. The molecule has 102 valence electrons. The minimum Gasteiger partial charge on any atom is -0.395 e. The van der Waals surface area contributed by atoms with Crippen molar-refractivity contribution >= 4 is 6.16 Å². The van der Waals surface area contributed by atoms with Crippen LogP contribution in [0, 0.1) is 0 Å². The lowest BCUT2D eigenvalue weighted by Crippen LogP contribution is -2.14. The minimum atomic E-state index is -0.702. The van der Waals surface area contributed by atoms with Gasteiger partial charge in [0.05, 0.1) is 0 Å². The molecule has 0 N–H and O–H groups in total. The average molecular weight is 268 g/mol. The van der Waals surface area contributed by atoms with E-state index in [1.54, 1.807) is 12.1 Å². The van der Waals surface area contributed by atoms with Gasteiger partial charge in [0, 0.05) is 0 Å². The normalized spacial score (nSPS) is 13.4. The molecule has 1 aliphatic carbocycles. The van der Waals surface area contributed by atoms with Crippen molar-refractivity contribution in [1.82, 2.24) is 0 Å². The molecule has 0 aromatic heterocycles. The van der Waals surface area contributed by atoms with Crippen molar-refractivity contribution in [2.45, 2.75) is 25.7 Å². The summed E-state index contributed by atoms with van der Waals surface area (Å²) < 4.78 is 10.3. The van der Waals surface area contributed by atoms with Gasteiger partial charge in [-0.3, -0.25) is 0 Å². The fourth-order valence-corrected chi connectivity index (χ4v) is 2.48.